The summed E-state index contributed by atoms with van der Waals surface area (Å²) >= 11 is 0. The van der Waals surface area contributed by atoms with Gasteiger partial charge in [0.05, 0.1) is 5.69 Å². The van der Waals surface area contributed by atoms with Crippen molar-refractivity contribution in [2.45, 2.75) is 6.92 Å². The third-order valence-corrected chi connectivity index (χ3v) is 2.43. The lowest BCUT2D eigenvalue weighted by Crippen LogP contribution is -2.18. The zero-order valence-electron chi connectivity index (χ0n) is 9.68. The van der Waals surface area contributed by atoms with E-state index in [-0.39, 0.29) is 11.4 Å². The Morgan fingerprint density at radius 3 is 2.88 bits per heavy atom. The Labute approximate surface area is 98.5 Å². The van der Waals surface area contributed by atoms with Crippen LogP contribution in [0.5, 0.6) is 11.6 Å². The van der Waals surface area contributed by atoms with Crippen molar-refractivity contribution in [1.29, 1.82) is 0 Å². The number of anilines is 1. The molecule has 2 aromatic rings. The first-order chi connectivity index (χ1) is 8.09. The van der Waals surface area contributed by atoms with Crippen LogP contribution >= 0.6 is 0 Å². The number of rotatable bonds is 2. The Morgan fingerprint density at radius 1 is 1.41 bits per heavy atom. The minimum absolute atomic E-state index is 0.0241. The third-order valence-electron chi connectivity index (χ3n) is 2.43. The molecule has 0 saturated carbocycles. The highest BCUT2D eigenvalue weighted by atomic mass is 16.5. The molecule has 0 radical (unpaired) electrons. The van der Waals surface area contributed by atoms with Gasteiger partial charge >= 0.3 is 5.56 Å². The number of nitrogens with zero attached hydrogens (tertiary/aromatic N) is 2. The minimum atomic E-state index is -0.296. The van der Waals surface area contributed by atoms with E-state index in [4.69, 9.17) is 10.5 Å². The lowest BCUT2D eigenvalue weighted by Gasteiger charge is -2.10. The molecule has 5 nitrogen and oxygen atoms in total. The van der Waals surface area contributed by atoms with Crippen LogP contribution in [0.1, 0.15) is 5.56 Å². The largest absolute Gasteiger partial charge is 0.432 e. The molecule has 0 amide bonds. The van der Waals surface area contributed by atoms with Gasteiger partial charge in [0.25, 0.3) is 5.88 Å². The molecule has 1 aromatic carbocycles. The molecule has 88 valence electrons. The van der Waals surface area contributed by atoms with Crippen LogP contribution in [0.25, 0.3) is 0 Å². The second-order valence-corrected chi connectivity index (χ2v) is 3.74. The van der Waals surface area contributed by atoms with Gasteiger partial charge in [-0.3, -0.25) is 4.79 Å². The lowest BCUT2D eigenvalue weighted by molar-refractivity contribution is 0.447. The van der Waals surface area contributed by atoms with Crippen LogP contribution in [0.2, 0.25) is 0 Å². The smallest absolute Gasteiger partial charge is 0.313 e. The van der Waals surface area contributed by atoms with E-state index in [0.717, 1.165) is 5.56 Å². The van der Waals surface area contributed by atoms with Gasteiger partial charge in [-0.2, -0.15) is 0 Å². The van der Waals surface area contributed by atoms with Crippen molar-refractivity contribution in [3.05, 3.63) is 46.5 Å². The standard InChI is InChI=1S/C12H13N3O2/c1-8-4-3-5-9(13)10(8)17-11-12(16)15(2)7-6-14-11/h3-7H,13H2,1-2H3. The summed E-state index contributed by atoms with van der Waals surface area (Å²) < 4.78 is 6.88. The molecule has 1 aromatic heterocycles. The van der Waals surface area contributed by atoms with E-state index in [1.165, 1.54) is 10.8 Å². The van der Waals surface area contributed by atoms with Crippen LogP contribution < -0.4 is 16.0 Å². The van der Waals surface area contributed by atoms with Gasteiger partial charge in [-0.25, -0.2) is 4.98 Å². The van der Waals surface area contributed by atoms with Crippen LogP contribution in [0.4, 0.5) is 5.69 Å². The van der Waals surface area contributed by atoms with Crippen molar-refractivity contribution in [2.24, 2.45) is 7.05 Å². The van der Waals surface area contributed by atoms with E-state index in [0.29, 0.717) is 11.4 Å². The summed E-state index contributed by atoms with van der Waals surface area (Å²) in [6.45, 7) is 1.86. The Morgan fingerprint density at radius 2 is 2.18 bits per heavy atom. The number of aryl methyl sites for hydroxylation is 2. The zero-order valence-corrected chi connectivity index (χ0v) is 9.68. The molecule has 0 unspecified atom stereocenters. The maximum Gasteiger partial charge on any atom is 0.313 e. The van der Waals surface area contributed by atoms with Crippen molar-refractivity contribution in [2.75, 3.05) is 5.73 Å². The molecule has 0 saturated heterocycles. The third kappa shape index (κ3) is 2.13. The van der Waals surface area contributed by atoms with Gasteiger partial charge in [-0.05, 0) is 18.6 Å². The summed E-state index contributed by atoms with van der Waals surface area (Å²) in [4.78, 5) is 15.6. The summed E-state index contributed by atoms with van der Waals surface area (Å²) in [7, 11) is 1.64. The van der Waals surface area contributed by atoms with Crippen molar-refractivity contribution in [1.82, 2.24) is 9.55 Å². The quantitative estimate of drug-likeness (QED) is 0.794. The average Bonchev–Trinajstić information content (AvgIpc) is 2.29. The Bertz CT molecular complexity index is 585. The van der Waals surface area contributed by atoms with Crippen LogP contribution in [0.3, 0.4) is 0 Å². The van der Waals surface area contributed by atoms with Crippen LogP contribution in [-0.4, -0.2) is 9.55 Å². The van der Waals surface area contributed by atoms with E-state index in [1.807, 2.05) is 19.1 Å². The van der Waals surface area contributed by atoms with Gasteiger partial charge in [0.2, 0.25) is 0 Å². The lowest BCUT2D eigenvalue weighted by atomic mass is 10.2. The van der Waals surface area contributed by atoms with E-state index >= 15 is 0 Å². The molecule has 5 heteroatoms. The number of nitrogens with two attached hydrogens (primary N) is 1. The first-order valence-corrected chi connectivity index (χ1v) is 5.14. The monoisotopic (exact) mass is 231 g/mol. The SMILES string of the molecule is Cc1cccc(N)c1Oc1nccn(C)c1=O. The zero-order chi connectivity index (χ0) is 12.4. The highest BCUT2D eigenvalue weighted by molar-refractivity contribution is 5.57. The molecule has 2 N–H and O–H groups in total. The summed E-state index contributed by atoms with van der Waals surface area (Å²) in [6, 6.07) is 5.41. The molecule has 17 heavy (non-hydrogen) atoms. The molecule has 0 aliphatic heterocycles. The molecular weight excluding hydrogens is 218 g/mol. The van der Waals surface area contributed by atoms with Crippen molar-refractivity contribution >= 4 is 5.69 Å². The van der Waals surface area contributed by atoms with Crippen molar-refractivity contribution in [3.63, 3.8) is 0 Å². The van der Waals surface area contributed by atoms with Crippen molar-refractivity contribution < 1.29 is 4.74 Å². The number of benzene rings is 1. The molecule has 2 rings (SSSR count). The van der Waals surface area contributed by atoms with E-state index in [9.17, 15) is 4.79 Å². The molecule has 0 atom stereocenters. The number of hydrogen-bond acceptors (Lipinski definition) is 4. The second-order valence-electron chi connectivity index (χ2n) is 3.74. The predicted octanol–water partition coefficient (Wildman–Crippen LogP) is 1.46. The topological polar surface area (TPSA) is 70.1 Å². The van der Waals surface area contributed by atoms with Crippen LogP contribution in [0, 0.1) is 6.92 Å². The first-order valence-electron chi connectivity index (χ1n) is 5.14. The van der Waals surface area contributed by atoms with E-state index in [2.05, 4.69) is 4.98 Å². The Hall–Kier alpha value is -2.30. The molecular formula is C12H13N3O2. The summed E-state index contributed by atoms with van der Waals surface area (Å²) in [5, 5.41) is 0. The van der Waals surface area contributed by atoms with Crippen LogP contribution in [-0.2, 0) is 7.05 Å². The van der Waals surface area contributed by atoms with Gasteiger partial charge in [-0.15, -0.1) is 0 Å². The highest BCUT2D eigenvalue weighted by Crippen LogP contribution is 2.28. The minimum Gasteiger partial charge on any atom is -0.432 e. The van der Waals surface area contributed by atoms with E-state index in [1.54, 1.807) is 19.3 Å². The summed E-state index contributed by atoms with van der Waals surface area (Å²) in [5.74, 6) is 0.499. The Balaban J connectivity index is 2.45. The number of ether oxygens (including phenoxy) is 1. The van der Waals surface area contributed by atoms with Crippen LogP contribution in [0.15, 0.2) is 35.4 Å². The Kier molecular flexibility index (Phi) is 2.82. The molecule has 0 fully saturated rings. The summed E-state index contributed by atoms with van der Waals surface area (Å²) in [6.07, 6.45) is 3.07. The predicted molar refractivity (Wildman–Crippen MR) is 65.1 cm³/mol. The van der Waals surface area contributed by atoms with Gasteiger partial charge < -0.3 is 15.0 Å². The maximum absolute atomic E-state index is 11.7. The fourth-order valence-electron chi connectivity index (χ4n) is 1.46. The normalized spacial score (nSPS) is 10.2. The molecule has 1 heterocycles. The summed E-state index contributed by atoms with van der Waals surface area (Å²) in [5.41, 5.74) is 6.84. The molecule has 0 aliphatic carbocycles. The molecule has 0 aliphatic rings. The van der Waals surface area contributed by atoms with Gasteiger partial charge in [0.1, 0.15) is 0 Å². The first kappa shape index (κ1) is 11.2. The van der Waals surface area contributed by atoms with Gasteiger partial charge in [0, 0.05) is 19.4 Å². The highest BCUT2D eigenvalue weighted by Gasteiger charge is 2.09. The average molecular weight is 231 g/mol. The molecule has 0 bridgehead atoms. The maximum atomic E-state index is 11.7. The van der Waals surface area contributed by atoms with Gasteiger partial charge in [-0.1, -0.05) is 12.1 Å². The number of aromatic nitrogens is 2. The number of nitrogen functional groups attached to an aromatic ring is 1. The molecule has 0 spiro atoms. The number of hydrogen-bond donors (Lipinski definition) is 1. The fraction of sp³-hybridized carbons (Fsp3) is 0.167. The van der Waals surface area contributed by atoms with E-state index < -0.39 is 0 Å². The number of para-hydroxylation sites is 1. The van der Waals surface area contributed by atoms with Gasteiger partial charge in [0.15, 0.2) is 5.75 Å². The van der Waals surface area contributed by atoms with Crippen molar-refractivity contribution in [3.8, 4) is 11.6 Å². The fourth-order valence-corrected chi connectivity index (χ4v) is 1.46. The second kappa shape index (κ2) is 4.29.